The molecule has 0 aliphatic carbocycles. The summed E-state index contributed by atoms with van der Waals surface area (Å²) in [6.07, 6.45) is 0.634. The number of benzene rings is 1. The van der Waals surface area contributed by atoms with Gasteiger partial charge >= 0.3 is 5.97 Å². The van der Waals surface area contributed by atoms with Gasteiger partial charge in [0.25, 0.3) is 0 Å². The minimum Gasteiger partial charge on any atom is -0.480 e. The molecule has 1 unspecified atom stereocenters. The molecule has 0 saturated heterocycles. The van der Waals surface area contributed by atoms with Crippen molar-refractivity contribution in [2.45, 2.75) is 19.4 Å². The highest BCUT2D eigenvalue weighted by Gasteiger charge is 2.27. The molecule has 92 valence electrons. The molecule has 0 radical (unpaired) electrons. The van der Waals surface area contributed by atoms with Gasteiger partial charge in [0.15, 0.2) is 11.5 Å². The summed E-state index contributed by atoms with van der Waals surface area (Å²) in [6.45, 7) is 2.07. The number of nitrogens with two attached hydrogens (primary N) is 1. The maximum atomic E-state index is 11.0. The number of hydrogen-bond donors (Lipinski definition) is 2. The lowest BCUT2D eigenvalue weighted by Gasteiger charge is -2.15. The molecule has 1 aromatic rings. The molecule has 1 aliphatic heterocycles. The molecule has 0 aromatic heterocycles. The lowest BCUT2D eigenvalue weighted by Crippen LogP contribution is -2.22. The Bertz CT molecular complexity index is 475. The van der Waals surface area contributed by atoms with Gasteiger partial charge in [-0.1, -0.05) is 6.92 Å². The molecule has 17 heavy (non-hydrogen) atoms. The van der Waals surface area contributed by atoms with Crippen molar-refractivity contribution in [1.29, 1.82) is 0 Å². The van der Waals surface area contributed by atoms with Crippen LogP contribution >= 0.6 is 15.9 Å². The topological polar surface area (TPSA) is 81.8 Å². The zero-order valence-electron chi connectivity index (χ0n) is 9.20. The number of hydrogen-bond acceptors (Lipinski definition) is 4. The van der Waals surface area contributed by atoms with Crippen LogP contribution in [-0.4, -0.2) is 17.9 Å². The van der Waals surface area contributed by atoms with Crippen LogP contribution in [0, 0.1) is 0 Å². The second kappa shape index (κ2) is 4.54. The minimum atomic E-state index is -1.06. The third-order valence-electron chi connectivity index (χ3n) is 2.69. The quantitative estimate of drug-likeness (QED) is 0.890. The van der Waals surface area contributed by atoms with E-state index in [9.17, 15) is 4.79 Å². The fourth-order valence-corrected chi connectivity index (χ4v) is 2.42. The summed E-state index contributed by atoms with van der Waals surface area (Å²) in [7, 11) is 0. The number of rotatable bonds is 3. The smallest absolute Gasteiger partial charge is 0.325 e. The van der Waals surface area contributed by atoms with Crippen molar-refractivity contribution in [2.75, 3.05) is 6.79 Å². The first kappa shape index (κ1) is 12.2. The van der Waals surface area contributed by atoms with Crippen molar-refractivity contribution < 1.29 is 19.4 Å². The zero-order chi connectivity index (χ0) is 12.6. The molecule has 1 aliphatic rings. The van der Waals surface area contributed by atoms with Gasteiger partial charge in [-0.3, -0.25) is 4.79 Å². The van der Waals surface area contributed by atoms with Gasteiger partial charge in [0, 0.05) is 5.56 Å². The molecule has 3 N–H and O–H groups in total. The molecular weight excluding hydrogens is 290 g/mol. The summed E-state index contributed by atoms with van der Waals surface area (Å²) in [5, 5.41) is 8.98. The van der Waals surface area contributed by atoms with E-state index in [-0.39, 0.29) is 6.79 Å². The van der Waals surface area contributed by atoms with Gasteiger partial charge < -0.3 is 20.3 Å². The molecule has 0 saturated carbocycles. The Hall–Kier alpha value is -1.27. The second-order valence-electron chi connectivity index (χ2n) is 3.66. The molecule has 1 aromatic carbocycles. The van der Waals surface area contributed by atoms with Crippen LogP contribution in [0.3, 0.4) is 0 Å². The standard InChI is InChI=1S/C11H12BrNO4/c1-2-5-6(8(13)11(14)15)3-7(12)10-9(5)16-4-17-10/h3,8H,2,4,13H2,1H3,(H,14,15). The number of carboxylic acids is 1. The summed E-state index contributed by atoms with van der Waals surface area (Å²) in [6, 6.07) is 0.626. The molecule has 0 spiro atoms. The maximum Gasteiger partial charge on any atom is 0.325 e. The van der Waals surface area contributed by atoms with Crippen LogP contribution in [0.1, 0.15) is 24.1 Å². The Morgan fingerprint density at radius 3 is 2.82 bits per heavy atom. The average Bonchev–Trinajstić information content (AvgIpc) is 2.77. The Labute approximate surface area is 107 Å². The molecule has 0 amide bonds. The predicted octanol–water partition coefficient (Wildman–Crippen LogP) is 1.82. The third kappa shape index (κ3) is 1.98. The van der Waals surface area contributed by atoms with Crippen LogP contribution in [0.2, 0.25) is 0 Å². The lowest BCUT2D eigenvalue weighted by atomic mass is 9.97. The number of ether oxygens (including phenoxy) is 2. The fourth-order valence-electron chi connectivity index (χ4n) is 1.88. The number of halogens is 1. The molecular formula is C11H12BrNO4. The van der Waals surface area contributed by atoms with E-state index in [1.807, 2.05) is 6.92 Å². The summed E-state index contributed by atoms with van der Waals surface area (Å²) in [5.41, 5.74) is 7.00. The van der Waals surface area contributed by atoms with Crippen molar-refractivity contribution in [2.24, 2.45) is 5.73 Å². The van der Waals surface area contributed by atoms with Crippen molar-refractivity contribution >= 4 is 21.9 Å². The van der Waals surface area contributed by atoms with Crippen LogP contribution in [0.4, 0.5) is 0 Å². The van der Waals surface area contributed by atoms with E-state index in [1.54, 1.807) is 6.07 Å². The largest absolute Gasteiger partial charge is 0.480 e. The first-order chi connectivity index (χ1) is 8.06. The molecule has 0 bridgehead atoms. The normalized spacial score (nSPS) is 14.8. The van der Waals surface area contributed by atoms with Crippen molar-refractivity contribution in [3.05, 3.63) is 21.7 Å². The number of carbonyl (C=O) groups is 1. The van der Waals surface area contributed by atoms with E-state index in [0.29, 0.717) is 28.0 Å². The van der Waals surface area contributed by atoms with Gasteiger partial charge in [0.05, 0.1) is 4.47 Å². The predicted molar refractivity (Wildman–Crippen MR) is 64.2 cm³/mol. The first-order valence-electron chi connectivity index (χ1n) is 5.15. The van der Waals surface area contributed by atoms with Crippen molar-refractivity contribution in [1.82, 2.24) is 0 Å². The zero-order valence-corrected chi connectivity index (χ0v) is 10.8. The van der Waals surface area contributed by atoms with E-state index in [4.69, 9.17) is 20.3 Å². The molecule has 1 heterocycles. The van der Waals surface area contributed by atoms with E-state index in [1.165, 1.54) is 0 Å². The minimum absolute atomic E-state index is 0.146. The van der Waals surface area contributed by atoms with Crippen LogP contribution in [0.5, 0.6) is 11.5 Å². The van der Waals surface area contributed by atoms with E-state index >= 15 is 0 Å². The summed E-state index contributed by atoms with van der Waals surface area (Å²) in [4.78, 5) is 11.0. The second-order valence-corrected chi connectivity index (χ2v) is 4.51. The summed E-state index contributed by atoms with van der Waals surface area (Å²) >= 11 is 3.33. The van der Waals surface area contributed by atoms with E-state index < -0.39 is 12.0 Å². The Morgan fingerprint density at radius 1 is 1.59 bits per heavy atom. The molecule has 6 heteroatoms. The Balaban J connectivity index is 2.60. The highest BCUT2D eigenvalue weighted by Crippen LogP contribution is 2.44. The molecule has 5 nitrogen and oxygen atoms in total. The Kier molecular flexibility index (Phi) is 3.26. The molecule has 2 rings (SSSR count). The van der Waals surface area contributed by atoms with Gasteiger partial charge in [-0.2, -0.15) is 0 Å². The Morgan fingerprint density at radius 2 is 2.24 bits per heavy atom. The van der Waals surface area contributed by atoms with Crippen LogP contribution in [-0.2, 0) is 11.2 Å². The summed E-state index contributed by atoms with van der Waals surface area (Å²) in [5.74, 6) is 0.141. The van der Waals surface area contributed by atoms with Gasteiger partial charge in [-0.15, -0.1) is 0 Å². The molecule has 1 atom stereocenters. The third-order valence-corrected chi connectivity index (χ3v) is 3.28. The fraction of sp³-hybridized carbons (Fsp3) is 0.364. The van der Waals surface area contributed by atoms with Crippen LogP contribution in [0.15, 0.2) is 10.5 Å². The van der Waals surface area contributed by atoms with Crippen molar-refractivity contribution in [3.63, 3.8) is 0 Å². The monoisotopic (exact) mass is 301 g/mol. The van der Waals surface area contributed by atoms with Crippen LogP contribution in [0.25, 0.3) is 0 Å². The number of fused-ring (bicyclic) bond motifs is 1. The lowest BCUT2D eigenvalue weighted by molar-refractivity contribution is -0.138. The van der Waals surface area contributed by atoms with Gasteiger partial charge in [0.2, 0.25) is 6.79 Å². The maximum absolute atomic E-state index is 11.0. The highest BCUT2D eigenvalue weighted by atomic mass is 79.9. The van der Waals surface area contributed by atoms with Crippen LogP contribution < -0.4 is 15.2 Å². The number of aliphatic carboxylic acids is 1. The molecule has 0 fully saturated rings. The summed E-state index contributed by atoms with van der Waals surface area (Å²) < 4.78 is 11.3. The van der Waals surface area contributed by atoms with E-state index in [0.717, 1.165) is 5.56 Å². The van der Waals surface area contributed by atoms with Gasteiger partial charge in [-0.25, -0.2) is 0 Å². The SMILES string of the molecule is CCc1c(C(N)C(=O)O)cc(Br)c2c1OCO2. The first-order valence-corrected chi connectivity index (χ1v) is 5.94. The highest BCUT2D eigenvalue weighted by molar-refractivity contribution is 9.10. The van der Waals surface area contributed by atoms with Gasteiger partial charge in [-0.05, 0) is 34.0 Å². The van der Waals surface area contributed by atoms with Crippen molar-refractivity contribution in [3.8, 4) is 11.5 Å². The van der Waals surface area contributed by atoms with E-state index in [2.05, 4.69) is 15.9 Å². The van der Waals surface area contributed by atoms with Gasteiger partial charge in [0.1, 0.15) is 6.04 Å². The number of carboxylic acid groups (broad SMARTS) is 1. The average molecular weight is 302 g/mol.